The van der Waals surface area contributed by atoms with Gasteiger partial charge in [-0.25, -0.2) is 8.78 Å². The highest BCUT2D eigenvalue weighted by molar-refractivity contribution is 5.29. The molecule has 0 aliphatic carbocycles. The smallest absolute Gasteiger partial charge is 0.308 e. The van der Waals surface area contributed by atoms with Gasteiger partial charge in [-0.1, -0.05) is 24.3 Å². The Labute approximate surface area is 118 Å². The zero-order valence-corrected chi connectivity index (χ0v) is 10.8. The molecule has 0 heterocycles. The fourth-order valence-electron chi connectivity index (χ4n) is 1.95. The van der Waals surface area contributed by atoms with Crippen LogP contribution in [0.3, 0.4) is 0 Å². The quantitative estimate of drug-likeness (QED) is 0.831. The Balaban J connectivity index is 2.04. The van der Waals surface area contributed by atoms with Crippen LogP contribution in [0.4, 0.5) is 22.0 Å². The van der Waals surface area contributed by atoms with Gasteiger partial charge in [0.25, 0.3) is 0 Å². The molecular formula is C15H12F5N. The van der Waals surface area contributed by atoms with E-state index in [1.165, 1.54) is 24.3 Å². The van der Waals surface area contributed by atoms with Gasteiger partial charge in [-0.05, 0) is 17.7 Å². The maximum Gasteiger partial charge on any atom is 0.416 e. The van der Waals surface area contributed by atoms with Gasteiger partial charge < -0.3 is 5.32 Å². The Hall–Kier alpha value is -1.95. The molecule has 1 nitrogen and oxygen atoms in total. The minimum atomic E-state index is -4.43. The predicted molar refractivity (Wildman–Crippen MR) is 68.3 cm³/mol. The lowest BCUT2D eigenvalue weighted by Gasteiger charge is -2.13. The van der Waals surface area contributed by atoms with Gasteiger partial charge in [-0.15, -0.1) is 0 Å². The second kappa shape index (κ2) is 6.22. The lowest BCUT2D eigenvalue weighted by Crippen LogP contribution is -2.17. The molecule has 21 heavy (non-hydrogen) atoms. The molecule has 0 bridgehead atoms. The SMILES string of the molecule is Fc1ccc(CNCc2ccccc2C(F)(F)F)c(F)c1. The van der Waals surface area contributed by atoms with E-state index < -0.39 is 23.4 Å². The molecule has 0 unspecified atom stereocenters. The molecule has 0 aliphatic rings. The maximum atomic E-state index is 13.4. The Morgan fingerprint density at radius 2 is 1.52 bits per heavy atom. The Morgan fingerprint density at radius 1 is 0.857 bits per heavy atom. The molecule has 2 rings (SSSR count). The number of halogens is 5. The van der Waals surface area contributed by atoms with E-state index >= 15 is 0 Å². The highest BCUT2D eigenvalue weighted by atomic mass is 19.4. The molecule has 2 aromatic rings. The third-order valence-electron chi connectivity index (χ3n) is 2.97. The minimum Gasteiger partial charge on any atom is -0.308 e. The van der Waals surface area contributed by atoms with Crippen LogP contribution in [-0.2, 0) is 19.3 Å². The lowest BCUT2D eigenvalue weighted by atomic mass is 10.1. The van der Waals surface area contributed by atoms with Crippen molar-refractivity contribution in [2.75, 3.05) is 0 Å². The highest BCUT2D eigenvalue weighted by Crippen LogP contribution is 2.31. The first-order valence-electron chi connectivity index (χ1n) is 6.17. The summed E-state index contributed by atoms with van der Waals surface area (Å²) in [6, 6.07) is 8.26. The van der Waals surface area contributed by atoms with Crippen LogP contribution in [0.1, 0.15) is 16.7 Å². The standard InChI is InChI=1S/C15H12F5N/c16-12-6-5-11(14(17)7-12)9-21-8-10-3-1-2-4-13(10)15(18,19)20/h1-7,21H,8-9H2. The summed E-state index contributed by atoms with van der Waals surface area (Å²) < 4.78 is 64.5. The van der Waals surface area contributed by atoms with Crippen LogP contribution >= 0.6 is 0 Å². The van der Waals surface area contributed by atoms with Crippen LogP contribution in [0.15, 0.2) is 42.5 Å². The van der Waals surface area contributed by atoms with Crippen molar-refractivity contribution < 1.29 is 22.0 Å². The first-order valence-corrected chi connectivity index (χ1v) is 6.17. The number of hydrogen-bond donors (Lipinski definition) is 1. The van der Waals surface area contributed by atoms with Gasteiger partial charge in [0.15, 0.2) is 0 Å². The van der Waals surface area contributed by atoms with Gasteiger partial charge in [0.2, 0.25) is 0 Å². The molecule has 0 aromatic heterocycles. The van der Waals surface area contributed by atoms with Gasteiger partial charge in [0.05, 0.1) is 5.56 Å². The molecule has 0 saturated heterocycles. The van der Waals surface area contributed by atoms with Crippen molar-refractivity contribution in [1.82, 2.24) is 5.32 Å². The summed E-state index contributed by atoms with van der Waals surface area (Å²) >= 11 is 0. The van der Waals surface area contributed by atoms with Gasteiger partial charge in [-0.2, -0.15) is 13.2 Å². The van der Waals surface area contributed by atoms with E-state index in [-0.39, 0.29) is 24.2 Å². The molecule has 1 N–H and O–H groups in total. The highest BCUT2D eigenvalue weighted by Gasteiger charge is 2.32. The molecule has 0 radical (unpaired) electrons. The first kappa shape index (κ1) is 15.4. The molecular weight excluding hydrogens is 289 g/mol. The summed E-state index contributed by atoms with van der Waals surface area (Å²) in [7, 11) is 0. The number of benzene rings is 2. The summed E-state index contributed by atoms with van der Waals surface area (Å²) in [4.78, 5) is 0. The van der Waals surface area contributed by atoms with E-state index in [0.717, 1.165) is 18.2 Å². The predicted octanol–water partition coefficient (Wildman–Crippen LogP) is 4.27. The van der Waals surface area contributed by atoms with Crippen LogP contribution in [-0.4, -0.2) is 0 Å². The van der Waals surface area contributed by atoms with Crippen LogP contribution in [0.2, 0.25) is 0 Å². The van der Waals surface area contributed by atoms with Gasteiger partial charge in [-0.3, -0.25) is 0 Å². The summed E-state index contributed by atoms with van der Waals surface area (Å²) in [6.45, 7) is -0.0508. The van der Waals surface area contributed by atoms with Gasteiger partial charge >= 0.3 is 6.18 Å². The summed E-state index contributed by atoms with van der Waals surface area (Å²) in [5, 5.41) is 2.73. The summed E-state index contributed by atoms with van der Waals surface area (Å²) in [5.41, 5.74) is -0.453. The molecule has 0 aliphatic heterocycles. The Bertz CT molecular complexity index is 622. The first-order chi connectivity index (χ1) is 9.88. The third kappa shape index (κ3) is 4.01. The van der Waals surface area contributed by atoms with Gasteiger partial charge in [0.1, 0.15) is 11.6 Å². The van der Waals surface area contributed by atoms with E-state index in [2.05, 4.69) is 5.32 Å². The van der Waals surface area contributed by atoms with Crippen LogP contribution in [0.5, 0.6) is 0 Å². The summed E-state index contributed by atoms with van der Waals surface area (Å²) in [6.07, 6.45) is -4.43. The normalized spacial score (nSPS) is 11.7. The molecule has 0 saturated carbocycles. The number of nitrogens with one attached hydrogen (secondary N) is 1. The third-order valence-corrected chi connectivity index (χ3v) is 2.97. The molecule has 0 atom stereocenters. The van der Waals surface area contributed by atoms with Crippen molar-refractivity contribution in [3.05, 3.63) is 70.8 Å². The van der Waals surface area contributed by atoms with Crippen molar-refractivity contribution in [2.24, 2.45) is 0 Å². The molecule has 0 spiro atoms. The molecule has 6 heteroatoms. The molecule has 0 fully saturated rings. The van der Waals surface area contributed by atoms with Crippen LogP contribution in [0, 0.1) is 11.6 Å². The second-order valence-corrected chi connectivity index (χ2v) is 4.49. The average Bonchev–Trinajstić information content (AvgIpc) is 2.41. The fourth-order valence-corrected chi connectivity index (χ4v) is 1.95. The molecule has 2 aromatic carbocycles. The fraction of sp³-hybridized carbons (Fsp3) is 0.200. The van der Waals surface area contributed by atoms with Crippen molar-refractivity contribution in [2.45, 2.75) is 19.3 Å². The minimum absolute atomic E-state index is 0.0122. The van der Waals surface area contributed by atoms with Crippen molar-refractivity contribution in [3.63, 3.8) is 0 Å². The second-order valence-electron chi connectivity index (χ2n) is 4.49. The lowest BCUT2D eigenvalue weighted by molar-refractivity contribution is -0.138. The average molecular weight is 301 g/mol. The van der Waals surface area contributed by atoms with Crippen LogP contribution in [0.25, 0.3) is 0 Å². The van der Waals surface area contributed by atoms with E-state index in [9.17, 15) is 22.0 Å². The topological polar surface area (TPSA) is 12.0 Å². The Morgan fingerprint density at radius 3 is 2.19 bits per heavy atom. The zero-order chi connectivity index (χ0) is 15.5. The van der Waals surface area contributed by atoms with E-state index in [1.54, 1.807) is 0 Å². The van der Waals surface area contributed by atoms with Crippen molar-refractivity contribution in [3.8, 4) is 0 Å². The van der Waals surface area contributed by atoms with Crippen LogP contribution < -0.4 is 5.32 Å². The molecule has 0 amide bonds. The van der Waals surface area contributed by atoms with Crippen molar-refractivity contribution >= 4 is 0 Å². The maximum absolute atomic E-state index is 13.4. The number of alkyl halides is 3. The Kier molecular flexibility index (Phi) is 4.57. The number of rotatable bonds is 4. The largest absolute Gasteiger partial charge is 0.416 e. The molecule has 112 valence electrons. The number of hydrogen-bond acceptors (Lipinski definition) is 1. The monoisotopic (exact) mass is 301 g/mol. The van der Waals surface area contributed by atoms with E-state index in [1.807, 2.05) is 0 Å². The van der Waals surface area contributed by atoms with Gasteiger partial charge in [0, 0.05) is 24.7 Å². The summed E-state index contributed by atoms with van der Waals surface area (Å²) in [5.74, 6) is -1.43. The van der Waals surface area contributed by atoms with Crippen molar-refractivity contribution in [1.29, 1.82) is 0 Å². The zero-order valence-electron chi connectivity index (χ0n) is 10.8. The van der Waals surface area contributed by atoms with E-state index in [0.29, 0.717) is 0 Å². The van der Waals surface area contributed by atoms with E-state index in [4.69, 9.17) is 0 Å².